The van der Waals surface area contributed by atoms with Crippen LogP contribution >= 0.6 is 11.8 Å². The maximum Gasteiger partial charge on any atom is 0.247 e. The molecule has 1 N–H and O–H groups in total. The lowest BCUT2D eigenvalue weighted by Gasteiger charge is -2.16. The molecule has 0 aromatic heterocycles. The van der Waals surface area contributed by atoms with E-state index in [2.05, 4.69) is 19.2 Å². The van der Waals surface area contributed by atoms with Crippen molar-refractivity contribution in [2.45, 2.75) is 42.8 Å². The number of amides is 3. The minimum Gasteiger partial charge on any atom is -0.326 e. The molecule has 1 heterocycles. The van der Waals surface area contributed by atoms with Gasteiger partial charge in [-0.15, -0.1) is 11.8 Å². The fraction of sp³-hybridized carbons (Fsp3) is 0.222. The van der Waals surface area contributed by atoms with Crippen molar-refractivity contribution >= 4 is 40.9 Å². The van der Waals surface area contributed by atoms with Crippen molar-refractivity contribution < 1.29 is 14.4 Å². The topological polar surface area (TPSA) is 66.5 Å². The Hall–Kier alpha value is -3.38. The Morgan fingerprint density at radius 1 is 0.970 bits per heavy atom. The lowest BCUT2D eigenvalue weighted by Crippen LogP contribution is -2.31. The monoisotopic (exact) mass is 458 g/mol. The third-order valence-electron chi connectivity index (χ3n) is 5.55. The summed E-state index contributed by atoms with van der Waals surface area (Å²) in [6, 6.07) is 24.5. The van der Waals surface area contributed by atoms with Gasteiger partial charge in [0.25, 0.3) is 0 Å². The first kappa shape index (κ1) is 22.8. The van der Waals surface area contributed by atoms with Crippen LogP contribution in [0.3, 0.4) is 0 Å². The number of nitrogens with one attached hydrogen (secondary N) is 1. The number of carbonyl (C=O) groups is 3. The Kier molecular flexibility index (Phi) is 6.94. The molecule has 1 aliphatic rings. The largest absolute Gasteiger partial charge is 0.326 e. The summed E-state index contributed by atoms with van der Waals surface area (Å²) < 4.78 is 0. The molecule has 0 saturated carbocycles. The number of carbonyl (C=O) groups excluding carboxylic acids is 3. The Labute approximate surface area is 198 Å². The van der Waals surface area contributed by atoms with Crippen molar-refractivity contribution in [3.63, 3.8) is 0 Å². The summed E-state index contributed by atoms with van der Waals surface area (Å²) in [4.78, 5) is 39.9. The molecule has 0 spiro atoms. The number of hydrogen-bond donors (Lipinski definition) is 1. The number of benzene rings is 3. The second-order valence-corrected chi connectivity index (χ2v) is 9.64. The summed E-state index contributed by atoms with van der Waals surface area (Å²) in [5.74, 6) is -0.0714. The zero-order valence-corrected chi connectivity index (χ0v) is 19.5. The molecule has 4 rings (SSSR count). The molecular weight excluding hydrogens is 432 g/mol. The summed E-state index contributed by atoms with van der Waals surface area (Å²) >= 11 is 1.37. The number of imide groups is 1. The van der Waals surface area contributed by atoms with Crippen molar-refractivity contribution in [1.82, 2.24) is 0 Å². The van der Waals surface area contributed by atoms with Gasteiger partial charge in [-0.2, -0.15) is 0 Å². The van der Waals surface area contributed by atoms with E-state index >= 15 is 0 Å². The van der Waals surface area contributed by atoms with Gasteiger partial charge in [0.15, 0.2) is 0 Å². The van der Waals surface area contributed by atoms with Crippen LogP contribution in [0.2, 0.25) is 0 Å². The van der Waals surface area contributed by atoms with E-state index < -0.39 is 5.25 Å². The Morgan fingerprint density at radius 3 is 2.27 bits per heavy atom. The van der Waals surface area contributed by atoms with Crippen LogP contribution < -0.4 is 10.2 Å². The number of thioether (sulfide) groups is 1. The van der Waals surface area contributed by atoms with Crippen LogP contribution in [0.4, 0.5) is 11.4 Å². The molecule has 1 unspecified atom stereocenters. The van der Waals surface area contributed by atoms with E-state index in [0.717, 1.165) is 10.5 Å². The fourth-order valence-electron chi connectivity index (χ4n) is 3.74. The summed E-state index contributed by atoms with van der Waals surface area (Å²) in [5.41, 5.74) is 3.43. The molecule has 6 heteroatoms. The minimum atomic E-state index is -0.458. The smallest absolute Gasteiger partial charge is 0.247 e. The quantitative estimate of drug-likeness (QED) is 0.481. The molecule has 3 aromatic carbocycles. The Bertz CT molecular complexity index is 1140. The molecule has 1 aliphatic heterocycles. The summed E-state index contributed by atoms with van der Waals surface area (Å²) in [6.45, 7) is 4.21. The summed E-state index contributed by atoms with van der Waals surface area (Å²) in [6.07, 6.45) is 0.481. The molecule has 1 atom stereocenters. The first-order valence-corrected chi connectivity index (χ1v) is 11.9. The van der Waals surface area contributed by atoms with Gasteiger partial charge in [-0.25, -0.2) is 4.90 Å². The molecule has 0 bridgehead atoms. The Morgan fingerprint density at radius 2 is 1.64 bits per heavy atom. The Balaban J connectivity index is 1.36. The van der Waals surface area contributed by atoms with E-state index in [-0.39, 0.29) is 24.1 Å². The minimum absolute atomic E-state index is 0.0858. The van der Waals surface area contributed by atoms with Crippen molar-refractivity contribution in [1.29, 1.82) is 0 Å². The molecule has 5 nitrogen and oxygen atoms in total. The van der Waals surface area contributed by atoms with Crippen LogP contribution in [0.1, 0.15) is 37.3 Å². The predicted octanol–water partition coefficient (Wildman–Crippen LogP) is 5.42. The number of anilines is 2. The van der Waals surface area contributed by atoms with E-state index in [1.165, 1.54) is 22.2 Å². The molecule has 0 radical (unpaired) electrons. The van der Waals surface area contributed by atoms with Crippen LogP contribution in [0, 0.1) is 0 Å². The van der Waals surface area contributed by atoms with Gasteiger partial charge >= 0.3 is 0 Å². The van der Waals surface area contributed by atoms with Gasteiger partial charge in [-0.3, -0.25) is 14.4 Å². The molecule has 1 saturated heterocycles. The highest BCUT2D eigenvalue weighted by Gasteiger charge is 2.40. The van der Waals surface area contributed by atoms with Gasteiger partial charge in [0.05, 0.1) is 17.4 Å². The van der Waals surface area contributed by atoms with Crippen LogP contribution in [0.15, 0.2) is 83.8 Å². The second-order valence-electron chi connectivity index (χ2n) is 8.36. The van der Waals surface area contributed by atoms with Crippen molar-refractivity contribution in [2.75, 3.05) is 10.2 Å². The van der Waals surface area contributed by atoms with Crippen molar-refractivity contribution in [2.24, 2.45) is 0 Å². The molecule has 1 fully saturated rings. The molecule has 0 aliphatic carbocycles. The number of hydrogen-bond acceptors (Lipinski definition) is 4. The standard InChI is InChI=1S/C27H26N2O3S/c1-18(2)20-8-12-22(13-9-20)29-26(31)17-24(27(29)32)33-23-14-10-21(11-15-23)28-25(30)16-19-6-4-3-5-7-19/h3-15,18,24H,16-17H2,1-2H3,(H,28,30). The van der Waals surface area contributed by atoms with Crippen molar-refractivity contribution in [3.8, 4) is 0 Å². The zero-order chi connectivity index (χ0) is 23.4. The van der Waals surface area contributed by atoms with Crippen LogP contribution in [0.5, 0.6) is 0 Å². The van der Waals surface area contributed by atoms with Crippen LogP contribution in [-0.2, 0) is 20.8 Å². The molecule has 168 valence electrons. The normalized spacial score (nSPS) is 15.8. The van der Waals surface area contributed by atoms with Crippen molar-refractivity contribution in [3.05, 3.63) is 90.0 Å². The third-order valence-corrected chi connectivity index (χ3v) is 6.74. The molecular formula is C27H26N2O3S. The first-order valence-electron chi connectivity index (χ1n) is 11.0. The van der Waals surface area contributed by atoms with E-state index in [1.807, 2.05) is 78.9 Å². The number of rotatable bonds is 7. The van der Waals surface area contributed by atoms with E-state index in [0.29, 0.717) is 23.7 Å². The van der Waals surface area contributed by atoms with Gasteiger partial charge in [0.2, 0.25) is 17.7 Å². The highest BCUT2D eigenvalue weighted by molar-refractivity contribution is 8.00. The van der Waals surface area contributed by atoms with E-state index in [4.69, 9.17) is 0 Å². The lowest BCUT2D eigenvalue weighted by molar-refractivity contribution is -0.121. The summed E-state index contributed by atoms with van der Waals surface area (Å²) in [5, 5.41) is 2.43. The SMILES string of the molecule is CC(C)c1ccc(N2C(=O)CC(Sc3ccc(NC(=O)Cc4ccccc4)cc3)C2=O)cc1. The highest BCUT2D eigenvalue weighted by atomic mass is 32.2. The van der Waals surface area contributed by atoms with Gasteiger partial charge in [-0.1, -0.05) is 56.3 Å². The second kappa shape index (κ2) is 10.0. The predicted molar refractivity (Wildman–Crippen MR) is 133 cm³/mol. The average Bonchev–Trinajstić information content (AvgIpc) is 3.08. The average molecular weight is 459 g/mol. The maximum absolute atomic E-state index is 13.0. The summed E-state index contributed by atoms with van der Waals surface area (Å²) in [7, 11) is 0. The third kappa shape index (κ3) is 5.52. The van der Waals surface area contributed by atoms with Gasteiger partial charge in [0.1, 0.15) is 0 Å². The zero-order valence-electron chi connectivity index (χ0n) is 18.7. The van der Waals surface area contributed by atoms with E-state index in [1.54, 1.807) is 0 Å². The maximum atomic E-state index is 13.0. The van der Waals surface area contributed by atoms with Gasteiger partial charge < -0.3 is 5.32 Å². The molecule has 33 heavy (non-hydrogen) atoms. The van der Waals surface area contributed by atoms with E-state index in [9.17, 15) is 14.4 Å². The fourth-order valence-corrected chi connectivity index (χ4v) is 4.80. The van der Waals surface area contributed by atoms with Crippen LogP contribution in [-0.4, -0.2) is 23.0 Å². The first-order chi connectivity index (χ1) is 15.9. The highest BCUT2D eigenvalue weighted by Crippen LogP contribution is 2.34. The molecule has 3 aromatic rings. The van der Waals surface area contributed by atoms with Gasteiger partial charge in [0, 0.05) is 17.0 Å². The van der Waals surface area contributed by atoms with Crippen LogP contribution in [0.25, 0.3) is 0 Å². The number of nitrogens with zero attached hydrogens (tertiary/aromatic N) is 1. The molecule has 3 amide bonds. The lowest BCUT2D eigenvalue weighted by atomic mass is 10.0. The van der Waals surface area contributed by atoms with Gasteiger partial charge in [-0.05, 0) is 53.4 Å².